The molecule has 1 saturated carbocycles. The first-order valence-electron chi connectivity index (χ1n) is 6.79. The average Bonchev–Trinajstić information content (AvgIpc) is 3.34. The number of carbonyl (C=O) groups excluding carboxylic acids is 1. The first kappa shape index (κ1) is 15.4. The topological polar surface area (TPSA) is 66.0 Å². The maximum absolute atomic E-state index is 12.1. The second kappa shape index (κ2) is 6.67. The average molecular weight is 295 g/mol. The third-order valence-corrected chi connectivity index (χ3v) is 3.46. The van der Waals surface area contributed by atoms with Gasteiger partial charge in [-0.15, -0.1) is 0 Å². The Balaban J connectivity index is 2.45. The minimum absolute atomic E-state index is 0.340. The van der Waals surface area contributed by atoms with E-state index < -0.39 is 6.04 Å². The van der Waals surface area contributed by atoms with Crippen molar-refractivity contribution >= 4 is 5.97 Å². The van der Waals surface area contributed by atoms with E-state index >= 15 is 0 Å². The predicted octanol–water partition coefficient (Wildman–Crippen LogP) is 1.68. The van der Waals surface area contributed by atoms with Crippen molar-refractivity contribution in [2.45, 2.75) is 24.9 Å². The molecule has 6 heteroatoms. The summed E-state index contributed by atoms with van der Waals surface area (Å²) < 4.78 is 20.9. The van der Waals surface area contributed by atoms with Crippen molar-refractivity contribution in [3.63, 3.8) is 0 Å². The number of rotatable bonds is 7. The van der Waals surface area contributed by atoms with Gasteiger partial charge in [0.25, 0.3) is 0 Å². The Labute approximate surface area is 124 Å². The second-order valence-electron chi connectivity index (χ2n) is 4.82. The Kier molecular flexibility index (Phi) is 4.90. The van der Waals surface area contributed by atoms with Crippen LogP contribution in [0.5, 0.6) is 17.2 Å². The van der Waals surface area contributed by atoms with Crippen molar-refractivity contribution in [2.75, 3.05) is 28.4 Å². The fourth-order valence-corrected chi connectivity index (χ4v) is 2.24. The van der Waals surface area contributed by atoms with E-state index in [1.165, 1.54) is 21.3 Å². The van der Waals surface area contributed by atoms with Gasteiger partial charge in [0.2, 0.25) is 5.75 Å². The summed E-state index contributed by atoms with van der Waals surface area (Å²) in [5, 5.41) is 3.27. The van der Waals surface area contributed by atoms with Crippen LogP contribution < -0.4 is 19.5 Å². The number of methoxy groups -OCH3 is 4. The molecule has 21 heavy (non-hydrogen) atoms. The van der Waals surface area contributed by atoms with Crippen LogP contribution in [-0.4, -0.2) is 40.5 Å². The van der Waals surface area contributed by atoms with Gasteiger partial charge < -0.3 is 18.9 Å². The third kappa shape index (κ3) is 3.21. The highest BCUT2D eigenvalue weighted by Gasteiger charge is 2.33. The fraction of sp³-hybridized carbons (Fsp3) is 0.533. The number of esters is 1. The van der Waals surface area contributed by atoms with Crippen molar-refractivity contribution in [1.29, 1.82) is 0 Å². The number of carbonyl (C=O) groups is 1. The van der Waals surface area contributed by atoms with E-state index in [4.69, 9.17) is 18.9 Å². The molecule has 0 saturated heterocycles. The molecule has 1 unspecified atom stereocenters. The summed E-state index contributed by atoms with van der Waals surface area (Å²) in [4.78, 5) is 12.1. The molecular formula is C15H21NO5. The zero-order chi connectivity index (χ0) is 15.4. The molecule has 1 aromatic carbocycles. The number of ether oxygens (including phenoxy) is 4. The fourth-order valence-electron chi connectivity index (χ4n) is 2.24. The van der Waals surface area contributed by atoms with E-state index in [2.05, 4.69) is 5.32 Å². The number of nitrogens with one attached hydrogen (secondary N) is 1. The lowest BCUT2D eigenvalue weighted by Gasteiger charge is -2.21. The van der Waals surface area contributed by atoms with Crippen LogP contribution in [0.4, 0.5) is 0 Å². The molecule has 6 nitrogen and oxygen atoms in total. The zero-order valence-corrected chi connectivity index (χ0v) is 12.8. The van der Waals surface area contributed by atoms with Crippen LogP contribution in [0, 0.1) is 0 Å². The highest BCUT2D eigenvalue weighted by Crippen LogP contribution is 2.42. The zero-order valence-electron chi connectivity index (χ0n) is 12.8. The Morgan fingerprint density at radius 3 is 2.24 bits per heavy atom. The highest BCUT2D eigenvalue weighted by molar-refractivity contribution is 5.79. The summed E-state index contributed by atoms with van der Waals surface area (Å²) in [5.41, 5.74) is 0.675. The molecule has 0 spiro atoms. The molecule has 0 radical (unpaired) electrons. The normalized spacial score (nSPS) is 15.2. The second-order valence-corrected chi connectivity index (χ2v) is 4.82. The van der Waals surface area contributed by atoms with E-state index in [9.17, 15) is 4.79 Å². The molecule has 116 valence electrons. The van der Waals surface area contributed by atoms with E-state index in [0.29, 0.717) is 28.9 Å². The minimum Gasteiger partial charge on any atom is -0.493 e. The lowest BCUT2D eigenvalue weighted by Crippen LogP contribution is -2.31. The molecule has 2 rings (SSSR count). The molecule has 0 bridgehead atoms. The van der Waals surface area contributed by atoms with E-state index in [-0.39, 0.29) is 5.97 Å². The van der Waals surface area contributed by atoms with Crippen molar-refractivity contribution in [3.05, 3.63) is 17.7 Å². The van der Waals surface area contributed by atoms with Gasteiger partial charge >= 0.3 is 5.97 Å². The van der Waals surface area contributed by atoms with Crippen LogP contribution >= 0.6 is 0 Å². The largest absolute Gasteiger partial charge is 0.493 e. The Bertz CT molecular complexity index is 513. The molecule has 1 aliphatic rings. The van der Waals surface area contributed by atoms with E-state index in [1.807, 2.05) is 0 Å². The van der Waals surface area contributed by atoms with Gasteiger partial charge in [-0.2, -0.15) is 0 Å². The molecule has 1 N–H and O–H groups in total. The van der Waals surface area contributed by atoms with Crippen LogP contribution in [-0.2, 0) is 9.53 Å². The maximum Gasteiger partial charge on any atom is 0.327 e. The third-order valence-electron chi connectivity index (χ3n) is 3.46. The standard InChI is InChI=1S/C15H21NO5/c1-18-11-8-7-10(13(19-2)14(11)20-3)12(15(17)21-4)16-9-5-6-9/h7-9,12,16H,5-6H2,1-4H3. The first-order chi connectivity index (χ1) is 10.2. The molecule has 0 heterocycles. The SMILES string of the molecule is COC(=O)C(NC1CC1)c1ccc(OC)c(OC)c1OC. The lowest BCUT2D eigenvalue weighted by molar-refractivity contribution is -0.143. The van der Waals surface area contributed by atoms with Gasteiger partial charge in [-0.25, -0.2) is 4.79 Å². The van der Waals surface area contributed by atoms with Crippen LogP contribution in [0.3, 0.4) is 0 Å². The quantitative estimate of drug-likeness (QED) is 0.772. The lowest BCUT2D eigenvalue weighted by atomic mass is 10.0. The van der Waals surface area contributed by atoms with Crippen molar-refractivity contribution < 1.29 is 23.7 Å². The van der Waals surface area contributed by atoms with Gasteiger partial charge in [-0.1, -0.05) is 0 Å². The molecule has 1 aromatic rings. The maximum atomic E-state index is 12.1. The van der Waals surface area contributed by atoms with Gasteiger partial charge in [-0.05, 0) is 25.0 Å². The van der Waals surface area contributed by atoms with Crippen LogP contribution in [0.1, 0.15) is 24.4 Å². The van der Waals surface area contributed by atoms with Crippen LogP contribution in [0.15, 0.2) is 12.1 Å². The molecule has 1 fully saturated rings. The number of hydrogen-bond acceptors (Lipinski definition) is 6. The Hall–Kier alpha value is -1.95. The molecular weight excluding hydrogens is 274 g/mol. The van der Waals surface area contributed by atoms with E-state index in [0.717, 1.165) is 12.8 Å². The van der Waals surface area contributed by atoms with Crippen molar-refractivity contribution in [3.8, 4) is 17.2 Å². The van der Waals surface area contributed by atoms with Crippen LogP contribution in [0.25, 0.3) is 0 Å². The summed E-state index contributed by atoms with van der Waals surface area (Å²) in [7, 11) is 5.99. The van der Waals surface area contributed by atoms with Gasteiger partial charge in [0.15, 0.2) is 11.5 Å². The molecule has 0 aromatic heterocycles. The van der Waals surface area contributed by atoms with E-state index in [1.54, 1.807) is 19.2 Å². The Morgan fingerprint density at radius 2 is 1.76 bits per heavy atom. The molecule has 0 aliphatic heterocycles. The molecule has 1 atom stereocenters. The summed E-state index contributed by atoms with van der Waals surface area (Å²) in [6.45, 7) is 0. The first-order valence-corrected chi connectivity index (χ1v) is 6.79. The van der Waals surface area contributed by atoms with Gasteiger partial charge in [0.05, 0.1) is 28.4 Å². The molecule has 1 aliphatic carbocycles. The summed E-state index contributed by atoms with van der Waals surface area (Å²) in [6, 6.07) is 3.29. The summed E-state index contributed by atoms with van der Waals surface area (Å²) >= 11 is 0. The minimum atomic E-state index is -0.586. The highest BCUT2D eigenvalue weighted by atomic mass is 16.5. The van der Waals surface area contributed by atoms with Crippen molar-refractivity contribution in [1.82, 2.24) is 5.32 Å². The Morgan fingerprint density at radius 1 is 1.10 bits per heavy atom. The van der Waals surface area contributed by atoms with Gasteiger partial charge in [-0.3, -0.25) is 5.32 Å². The predicted molar refractivity (Wildman–Crippen MR) is 77.0 cm³/mol. The number of hydrogen-bond donors (Lipinski definition) is 1. The van der Waals surface area contributed by atoms with Crippen molar-refractivity contribution in [2.24, 2.45) is 0 Å². The molecule has 0 amide bonds. The summed E-state index contributed by atoms with van der Waals surface area (Å²) in [5.74, 6) is 1.13. The van der Waals surface area contributed by atoms with Gasteiger partial charge in [0.1, 0.15) is 6.04 Å². The monoisotopic (exact) mass is 295 g/mol. The summed E-state index contributed by atoms with van der Waals surface area (Å²) in [6.07, 6.45) is 2.12. The smallest absolute Gasteiger partial charge is 0.327 e. The number of benzene rings is 1. The van der Waals surface area contributed by atoms with Crippen LogP contribution in [0.2, 0.25) is 0 Å². The van der Waals surface area contributed by atoms with Gasteiger partial charge in [0, 0.05) is 11.6 Å².